The van der Waals surface area contributed by atoms with Gasteiger partial charge in [-0.05, 0) is 37.6 Å². The van der Waals surface area contributed by atoms with Gasteiger partial charge in [0.1, 0.15) is 5.82 Å². The number of amides is 1. The number of anilines is 1. The molecule has 4 heterocycles. The molecule has 172 valence electrons. The smallest absolute Gasteiger partial charge is 0.298 e. The molecule has 0 bridgehead atoms. The maximum Gasteiger partial charge on any atom is 0.298 e. The minimum Gasteiger partial charge on any atom is -0.423 e. The largest absolute Gasteiger partial charge is 0.423 e. The summed E-state index contributed by atoms with van der Waals surface area (Å²) >= 11 is 0. The van der Waals surface area contributed by atoms with Gasteiger partial charge in [-0.25, -0.2) is 9.37 Å². The molecule has 2 aliphatic rings. The number of oxazole rings is 1. The van der Waals surface area contributed by atoms with Crippen molar-refractivity contribution in [2.24, 2.45) is 5.92 Å². The number of carbonyl (C=O) groups is 1. The van der Waals surface area contributed by atoms with Crippen LogP contribution in [0.15, 0.2) is 65.5 Å². The van der Waals surface area contributed by atoms with E-state index in [0.29, 0.717) is 47.6 Å². The molecule has 6 rings (SSSR count). The van der Waals surface area contributed by atoms with Crippen molar-refractivity contribution in [3.8, 4) is 17.0 Å². The summed E-state index contributed by atoms with van der Waals surface area (Å²) < 4.78 is 20.1. The number of likely N-dealkylation sites (tertiary alicyclic amines) is 1. The standard InChI is InChI=1S/C25H23FN6O2/c1-16-6-7-21(32-28-9-10-29-32)19(12-16)24(33)30-11-8-17-14-31(22(17)15-30)25-27-13-23(34-25)18-4-2-3-5-20(18)26/h2-7,9-10,12-13,17,22H,8,11,14-15H2,1H3/t17-,22-/m0/s1. The molecule has 0 N–H and O–H groups in total. The number of carbonyl (C=O) groups excluding carboxylic acids is 1. The summed E-state index contributed by atoms with van der Waals surface area (Å²) in [5.41, 5.74) is 2.63. The van der Waals surface area contributed by atoms with Gasteiger partial charge in [-0.1, -0.05) is 23.8 Å². The van der Waals surface area contributed by atoms with Gasteiger partial charge in [-0.3, -0.25) is 4.79 Å². The van der Waals surface area contributed by atoms with Gasteiger partial charge in [0.2, 0.25) is 0 Å². The van der Waals surface area contributed by atoms with Crippen molar-refractivity contribution in [1.29, 1.82) is 0 Å². The van der Waals surface area contributed by atoms with E-state index < -0.39 is 0 Å². The molecule has 0 spiro atoms. The summed E-state index contributed by atoms with van der Waals surface area (Å²) in [4.78, 5) is 23.4. The normalized spacial score (nSPS) is 19.6. The third-order valence-electron chi connectivity index (χ3n) is 6.74. The van der Waals surface area contributed by atoms with Crippen LogP contribution < -0.4 is 4.90 Å². The van der Waals surface area contributed by atoms with Crippen molar-refractivity contribution in [2.45, 2.75) is 19.4 Å². The third kappa shape index (κ3) is 3.44. The molecule has 0 saturated carbocycles. The highest BCUT2D eigenvalue weighted by molar-refractivity contribution is 5.98. The van der Waals surface area contributed by atoms with Crippen LogP contribution in [0.1, 0.15) is 22.3 Å². The molecule has 2 atom stereocenters. The Labute approximate surface area is 195 Å². The van der Waals surface area contributed by atoms with Crippen molar-refractivity contribution in [3.05, 3.63) is 78.0 Å². The molecule has 2 aromatic carbocycles. The Morgan fingerprint density at radius 3 is 2.76 bits per heavy atom. The predicted molar refractivity (Wildman–Crippen MR) is 123 cm³/mol. The molecule has 8 nitrogen and oxygen atoms in total. The van der Waals surface area contributed by atoms with E-state index in [-0.39, 0.29) is 17.8 Å². The fraction of sp³-hybridized carbons (Fsp3) is 0.280. The summed E-state index contributed by atoms with van der Waals surface area (Å²) in [6.07, 6.45) is 5.66. The average Bonchev–Trinajstić information content (AvgIpc) is 3.53. The second kappa shape index (κ2) is 8.09. The molecule has 2 aliphatic heterocycles. The monoisotopic (exact) mass is 458 g/mol. The molecule has 0 radical (unpaired) electrons. The van der Waals surface area contributed by atoms with Gasteiger partial charge in [0, 0.05) is 25.6 Å². The second-order valence-electron chi connectivity index (χ2n) is 8.85. The van der Waals surface area contributed by atoms with Gasteiger partial charge in [-0.15, -0.1) is 0 Å². The van der Waals surface area contributed by atoms with Gasteiger partial charge in [0.05, 0.1) is 41.4 Å². The molecular weight excluding hydrogens is 435 g/mol. The van der Waals surface area contributed by atoms with Gasteiger partial charge in [0.25, 0.3) is 11.9 Å². The van der Waals surface area contributed by atoms with Crippen LogP contribution in [0.5, 0.6) is 0 Å². The van der Waals surface area contributed by atoms with Crippen molar-refractivity contribution in [1.82, 2.24) is 24.9 Å². The summed E-state index contributed by atoms with van der Waals surface area (Å²) in [5.74, 6) is 0.483. The van der Waals surface area contributed by atoms with Crippen LogP contribution in [-0.2, 0) is 0 Å². The highest BCUT2D eigenvalue weighted by Crippen LogP contribution is 2.38. The number of hydrogen-bond acceptors (Lipinski definition) is 6. The van der Waals surface area contributed by atoms with E-state index in [1.807, 2.05) is 30.0 Å². The van der Waals surface area contributed by atoms with E-state index in [9.17, 15) is 9.18 Å². The van der Waals surface area contributed by atoms with Crippen LogP contribution in [0.3, 0.4) is 0 Å². The third-order valence-corrected chi connectivity index (χ3v) is 6.74. The lowest BCUT2D eigenvalue weighted by molar-refractivity contribution is 0.0582. The number of piperidine rings is 1. The molecule has 2 saturated heterocycles. The Bertz CT molecular complexity index is 1350. The van der Waals surface area contributed by atoms with Crippen molar-refractivity contribution >= 4 is 11.9 Å². The second-order valence-corrected chi connectivity index (χ2v) is 8.85. The quantitative estimate of drug-likeness (QED) is 0.464. The van der Waals surface area contributed by atoms with Crippen LogP contribution in [0.2, 0.25) is 0 Å². The molecule has 4 aromatic rings. The zero-order valence-corrected chi connectivity index (χ0v) is 18.6. The average molecular weight is 458 g/mol. The van der Waals surface area contributed by atoms with Gasteiger partial charge < -0.3 is 14.2 Å². The number of rotatable bonds is 4. The molecule has 1 amide bonds. The fourth-order valence-corrected chi connectivity index (χ4v) is 4.89. The van der Waals surface area contributed by atoms with E-state index in [2.05, 4.69) is 20.1 Å². The van der Waals surface area contributed by atoms with Crippen LogP contribution in [0.4, 0.5) is 10.4 Å². The predicted octanol–water partition coefficient (Wildman–Crippen LogP) is 3.72. The Morgan fingerprint density at radius 1 is 1.12 bits per heavy atom. The number of aromatic nitrogens is 4. The van der Waals surface area contributed by atoms with Crippen molar-refractivity contribution in [2.75, 3.05) is 24.5 Å². The first-order valence-electron chi connectivity index (χ1n) is 11.3. The molecule has 0 aliphatic carbocycles. The maximum atomic E-state index is 14.2. The van der Waals surface area contributed by atoms with Gasteiger partial charge >= 0.3 is 0 Å². The van der Waals surface area contributed by atoms with E-state index >= 15 is 0 Å². The van der Waals surface area contributed by atoms with Gasteiger partial charge in [-0.2, -0.15) is 15.0 Å². The van der Waals surface area contributed by atoms with E-state index in [1.54, 1.807) is 36.8 Å². The highest BCUT2D eigenvalue weighted by Gasteiger charge is 2.45. The Morgan fingerprint density at radius 2 is 1.94 bits per heavy atom. The Balaban J connectivity index is 1.23. The fourth-order valence-electron chi connectivity index (χ4n) is 4.89. The number of hydrogen-bond donors (Lipinski definition) is 0. The number of halogens is 1. The maximum absolute atomic E-state index is 14.2. The SMILES string of the molecule is Cc1ccc(-n2nccn2)c(C(=O)N2CC[C@H]3CN(c4ncc(-c5ccccc5F)o4)[C@H]3C2)c1. The molecule has 2 aromatic heterocycles. The van der Waals surface area contributed by atoms with E-state index in [1.165, 1.54) is 10.9 Å². The zero-order chi connectivity index (χ0) is 23.2. The van der Waals surface area contributed by atoms with Crippen molar-refractivity contribution in [3.63, 3.8) is 0 Å². The zero-order valence-electron chi connectivity index (χ0n) is 18.6. The van der Waals surface area contributed by atoms with Crippen molar-refractivity contribution < 1.29 is 13.6 Å². The summed E-state index contributed by atoms with van der Waals surface area (Å²) in [7, 11) is 0. The summed E-state index contributed by atoms with van der Waals surface area (Å²) in [6, 6.07) is 12.8. The molecule has 34 heavy (non-hydrogen) atoms. The minimum absolute atomic E-state index is 0.0410. The molecule has 2 fully saturated rings. The molecule has 0 unspecified atom stereocenters. The number of benzene rings is 2. The number of aryl methyl sites for hydroxylation is 1. The summed E-state index contributed by atoms with van der Waals surface area (Å²) in [5, 5.41) is 8.41. The lowest BCUT2D eigenvalue weighted by atomic mass is 9.82. The topological polar surface area (TPSA) is 80.3 Å². The first-order chi connectivity index (χ1) is 16.6. The van der Waals surface area contributed by atoms with Crippen LogP contribution >= 0.6 is 0 Å². The summed E-state index contributed by atoms with van der Waals surface area (Å²) in [6.45, 7) is 4.05. The van der Waals surface area contributed by atoms with Gasteiger partial charge in [0.15, 0.2) is 5.76 Å². The van der Waals surface area contributed by atoms with E-state index in [0.717, 1.165) is 18.5 Å². The Kier molecular flexibility index (Phi) is 4.90. The van der Waals surface area contributed by atoms with Crippen LogP contribution in [0.25, 0.3) is 17.0 Å². The highest BCUT2D eigenvalue weighted by atomic mass is 19.1. The lowest BCUT2D eigenvalue weighted by Gasteiger charge is -2.52. The molecular formula is C25H23FN6O2. The Hall–Kier alpha value is -4.01. The first kappa shape index (κ1) is 20.6. The van der Waals surface area contributed by atoms with Crippen LogP contribution in [0, 0.1) is 18.7 Å². The molecule has 9 heteroatoms. The minimum atomic E-state index is -0.346. The number of fused-ring (bicyclic) bond motifs is 1. The van der Waals surface area contributed by atoms with Crippen LogP contribution in [-0.4, -0.2) is 56.5 Å². The lowest BCUT2D eigenvalue weighted by Crippen LogP contribution is -2.65. The first-order valence-corrected chi connectivity index (χ1v) is 11.3. The van der Waals surface area contributed by atoms with E-state index in [4.69, 9.17) is 4.42 Å². The number of nitrogens with zero attached hydrogens (tertiary/aromatic N) is 6.